The minimum absolute atomic E-state index is 0.189. The molecule has 0 saturated carbocycles. The number of aromatic nitrogens is 1. The lowest BCUT2D eigenvalue weighted by atomic mass is 10.2. The van der Waals surface area contributed by atoms with E-state index in [1.54, 1.807) is 31.0 Å². The predicted molar refractivity (Wildman–Crippen MR) is 70.4 cm³/mol. The van der Waals surface area contributed by atoms with Gasteiger partial charge in [-0.05, 0) is 24.5 Å². The van der Waals surface area contributed by atoms with Crippen molar-refractivity contribution in [3.8, 4) is 5.88 Å². The van der Waals surface area contributed by atoms with Crippen LogP contribution in [0.25, 0.3) is 0 Å². The molecular weight excluding hydrogens is 238 g/mol. The molecule has 1 aromatic rings. The largest absolute Gasteiger partial charge is 0.481 e. The Labute approximate surface area is 105 Å². The van der Waals surface area contributed by atoms with E-state index in [-0.39, 0.29) is 5.91 Å². The Bertz CT molecular complexity index is 356. The van der Waals surface area contributed by atoms with Crippen LogP contribution < -0.4 is 15.8 Å². The topological polar surface area (TPSA) is 77.2 Å². The van der Waals surface area contributed by atoms with Crippen molar-refractivity contribution in [2.75, 3.05) is 24.4 Å². The molecule has 1 rings (SSSR count). The van der Waals surface area contributed by atoms with Crippen LogP contribution in [-0.4, -0.2) is 36.1 Å². The Morgan fingerprint density at radius 2 is 2.41 bits per heavy atom. The van der Waals surface area contributed by atoms with Gasteiger partial charge in [0.2, 0.25) is 11.8 Å². The third-order valence-electron chi connectivity index (χ3n) is 2.18. The molecule has 0 bridgehead atoms. The number of ether oxygens (including phenoxy) is 1. The van der Waals surface area contributed by atoms with E-state index in [1.165, 1.54) is 6.20 Å². The fourth-order valence-electron chi connectivity index (χ4n) is 1.19. The number of carbonyl (C=O) groups is 1. The third kappa shape index (κ3) is 4.62. The van der Waals surface area contributed by atoms with Crippen LogP contribution in [0, 0.1) is 0 Å². The van der Waals surface area contributed by atoms with Crippen LogP contribution in [0.1, 0.15) is 6.42 Å². The first-order chi connectivity index (χ1) is 8.17. The zero-order valence-electron chi connectivity index (χ0n) is 9.97. The number of pyridine rings is 1. The molecule has 0 aliphatic carbocycles. The van der Waals surface area contributed by atoms with Crippen molar-refractivity contribution in [1.82, 2.24) is 4.98 Å². The maximum atomic E-state index is 11.7. The van der Waals surface area contributed by atoms with Crippen LogP contribution in [0.2, 0.25) is 0 Å². The van der Waals surface area contributed by atoms with Crippen molar-refractivity contribution in [3.63, 3.8) is 0 Å². The van der Waals surface area contributed by atoms with E-state index in [1.807, 2.05) is 6.26 Å². The number of hydrogen-bond acceptors (Lipinski definition) is 5. The minimum atomic E-state index is -0.482. The highest BCUT2D eigenvalue weighted by Gasteiger charge is 2.12. The summed E-state index contributed by atoms with van der Waals surface area (Å²) >= 11 is 1.67. The molecular formula is C11H17N3O2S. The summed E-state index contributed by atoms with van der Waals surface area (Å²) in [7, 11) is 1.54. The molecule has 0 radical (unpaired) electrons. The number of amides is 1. The Morgan fingerprint density at radius 1 is 1.65 bits per heavy atom. The second-order valence-corrected chi connectivity index (χ2v) is 4.45. The average Bonchev–Trinajstić information content (AvgIpc) is 2.36. The van der Waals surface area contributed by atoms with E-state index in [4.69, 9.17) is 10.5 Å². The summed E-state index contributed by atoms with van der Waals surface area (Å²) in [6, 6.07) is 2.93. The van der Waals surface area contributed by atoms with E-state index in [0.717, 1.165) is 5.75 Å². The Morgan fingerprint density at radius 3 is 2.94 bits per heavy atom. The van der Waals surface area contributed by atoms with Gasteiger partial charge in [0.05, 0.1) is 25.0 Å². The van der Waals surface area contributed by atoms with Gasteiger partial charge in [0.15, 0.2) is 0 Å². The van der Waals surface area contributed by atoms with Crippen molar-refractivity contribution in [1.29, 1.82) is 0 Å². The second-order valence-electron chi connectivity index (χ2n) is 3.47. The molecule has 0 unspecified atom stereocenters. The number of anilines is 1. The van der Waals surface area contributed by atoms with E-state index in [9.17, 15) is 4.79 Å². The molecule has 3 N–H and O–H groups in total. The quantitative estimate of drug-likeness (QED) is 0.796. The molecule has 0 aliphatic heterocycles. The number of hydrogen-bond donors (Lipinski definition) is 2. The van der Waals surface area contributed by atoms with Gasteiger partial charge in [0.25, 0.3) is 0 Å². The molecule has 0 aliphatic rings. The first-order valence-electron chi connectivity index (χ1n) is 5.22. The fraction of sp³-hybridized carbons (Fsp3) is 0.455. The molecule has 0 aromatic carbocycles. The van der Waals surface area contributed by atoms with Gasteiger partial charge in [-0.15, -0.1) is 0 Å². The molecule has 5 nitrogen and oxygen atoms in total. The highest BCUT2D eigenvalue weighted by molar-refractivity contribution is 7.98. The molecule has 17 heavy (non-hydrogen) atoms. The lowest BCUT2D eigenvalue weighted by molar-refractivity contribution is -0.117. The number of nitrogens with two attached hydrogens (primary N) is 1. The predicted octanol–water partition coefficient (Wildman–Crippen LogP) is 1.11. The van der Waals surface area contributed by atoms with Crippen molar-refractivity contribution in [2.24, 2.45) is 5.73 Å². The fourth-order valence-corrected chi connectivity index (χ4v) is 1.68. The lowest BCUT2D eigenvalue weighted by Crippen LogP contribution is -2.36. The van der Waals surface area contributed by atoms with Crippen LogP contribution in [0.5, 0.6) is 5.88 Å². The van der Waals surface area contributed by atoms with Gasteiger partial charge in [-0.1, -0.05) is 0 Å². The number of rotatable bonds is 6. The Hall–Kier alpha value is -1.27. The van der Waals surface area contributed by atoms with Gasteiger partial charge in [0, 0.05) is 6.07 Å². The Balaban J connectivity index is 2.49. The molecule has 6 heteroatoms. The van der Waals surface area contributed by atoms with E-state index < -0.39 is 6.04 Å². The van der Waals surface area contributed by atoms with Crippen LogP contribution in [0.3, 0.4) is 0 Å². The van der Waals surface area contributed by atoms with Gasteiger partial charge in [0.1, 0.15) is 0 Å². The zero-order valence-corrected chi connectivity index (χ0v) is 10.8. The number of methoxy groups -OCH3 is 1. The van der Waals surface area contributed by atoms with E-state index >= 15 is 0 Å². The van der Waals surface area contributed by atoms with Gasteiger partial charge < -0.3 is 15.8 Å². The monoisotopic (exact) mass is 255 g/mol. The second kappa shape index (κ2) is 7.13. The molecule has 0 spiro atoms. The molecule has 1 atom stereocenters. The summed E-state index contributed by atoms with van der Waals surface area (Å²) in [5.74, 6) is 1.19. The molecule has 0 saturated heterocycles. The maximum Gasteiger partial charge on any atom is 0.241 e. The van der Waals surface area contributed by atoms with Gasteiger partial charge in [-0.25, -0.2) is 4.98 Å². The van der Waals surface area contributed by atoms with Crippen LogP contribution in [0.15, 0.2) is 18.3 Å². The van der Waals surface area contributed by atoms with Crippen LogP contribution in [-0.2, 0) is 4.79 Å². The summed E-state index contributed by atoms with van der Waals surface area (Å²) < 4.78 is 4.92. The highest BCUT2D eigenvalue weighted by Crippen LogP contribution is 2.11. The number of carbonyl (C=O) groups excluding carboxylic acids is 1. The Kier molecular flexibility index (Phi) is 5.79. The lowest BCUT2D eigenvalue weighted by Gasteiger charge is -2.11. The van der Waals surface area contributed by atoms with Crippen molar-refractivity contribution < 1.29 is 9.53 Å². The summed E-state index contributed by atoms with van der Waals surface area (Å²) in [6.45, 7) is 0. The highest BCUT2D eigenvalue weighted by atomic mass is 32.2. The van der Waals surface area contributed by atoms with Crippen molar-refractivity contribution in [2.45, 2.75) is 12.5 Å². The maximum absolute atomic E-state index is 11.7. The first-order valence-corrected chi connectivity index (χ1v) is 6.62. The number of thioether (sulfide) groups is 1. The summed E-state index contributed by atoms with van der Waals surface area (Å²) in [5.41, 5.74) is 6.36. The first kappa shape index (κ1) is 13.8. The minimum Gasteiger partial charge on any atom is -0.481 e. The molecule has 1 heterocycles. The SMILES string of the molecule is COc1ccc(NC(=O)[C@@H](N)CCSC)cn1. The molecule has 94 valence electrons. The molecule has 1 amide bonds. The van der Waals surface area contributed by atoms with Gasteiger partial charge >= 0.3 is 0 Å². The van der Waals surface area contributed by atoms with Gasteiger partial charge in [-0.3, -0.25) is 4.79 Å². The van der Waals surface area contributed by atoms with E-state index in [0.29, 0.717) is 18.0 Å². The third-order valence-corrected chi connectivity index (χ3v) is 2.83. The van der Waals surface area contributed by atoms with E-state index in [2.05, 4.69) is 10.3 Å². The number of nitrogens with zero attached hydrogens (tertiary/aromatic N) is 1. The smallest absolute Gasteiger partial charge is 0.241 e. The summed E-state index contributed by atoms with van der Waals surface area (Å²) in [6.07, 6.45) is 4.19. The number of nitrogens with one attached hydrogen (secondary N) is 1. The standard InChI is InChI=1S/C11H17N3O2S/c1-16-10-4-3-8(7-13-10)14-11(15)9(12)5-6-17-2/h3-4,7,9H,5-6,12H2,1-2H3,(H,14,15)/t9-/m0/s1. The van der Waals surface area contributed by atoms with Crippen LogP contribution >= 0.6 is 11.8 Å². The molecule has 0 fully saturated rings. The van der Waals surface area contributed by atoms with Gasteiger partial charge in [-0.2, -0.15) is 11.8 Å². The zero-order chi connectivity index (χ0) is 12.7. The van der Waals surface area contributed by atoms with Crippen molar-refractivity contribution in [3.05, 3.63) is 18.3 Å². The summed E-state index contributed by atoms with van der Waals surface area (Å²) in [5, 5.41) is 2.71. The van der Waals surface area contributed by atoms with Crippen molar-refractivity contribution >= 4 is 23.4 Å². The van der Waals surface area contributed by atoms with Crippen LogP contribution in [0.4, 0.5) is 5.69 Å². The molecule has 1 aromatic heterocycles. The average molecular weight is 255 g/mol. The normalized spacial score (nSPS) is 11.9. The summed E-state index contributed by atoms with van der Waals surface area (Å²) in [4.78, 5) is 15.7.